The molecule has 0 aliphatic heterocycles. The van der Waals surface area contributed by atoms with Crippen molar-refractivity contribution >= 4 is 11.9 Å². The monoisotopic (exact) mass is 231 g/mol. The fourth-order valence-electron chi connectivity index (χ4n) is 0.889. The van der Waals surface area contributed by atoms with Gasteiger partial charge in [-0.15, -0.1) is 0 Å². The van der Waals surface area contributed by atoms with E-state index in [0.717, 1.165) is 18.0 Å². The molecule has 1 rings (SSSR count). The summed E-state index contributed by atoms with van der Waals surface area (Å²) >= 11 is 1.03. The van der Waals surface area contributed by atoms with Crippen LogP contribution in [0.5, 0.6) is 0 Å². The van der Waals surface area contributed by atoms with Crippen LogP contribution in [-0.4, -0.2) is 13.7 Å². The molecule has 0 atom stereocenters. The van der Waals surface area contributed by atoms with Gasteiger partial charge in [-0.25, -0.2) is 8.78 Å². The van der Waals surface area contributed by atoms with Gasteiger partial charge in [-0.05, 0) is 24.1 Å². The minimum atomic E-state index is -0.599. The number of halogens is 2. The van der Waals surface area contributed by atoms with Crippen molar-refractivity contribution in [3.8, 4) is 0 Å². The summed E-state index contributed by atoms with van der Waals surface area (Å²) in [6.45, 7) is 4.00. The van der Waals surface area contributed by atoms with Crippen LogP contribution in [0, 0.1) is 11.6 Å². The van der Waals surface area contributed by atoms with Crippen molar-refractivity contribution in [3.63, 3.8) is 0 Å². The standard InChI is InChI=1S/C10H11F2NOS/c1-7(6-14-2)13-15-10-4-3-8(11)5-9(10)12/h3-5,13H,1,6H2,2H3. The SMILES string of the molecule is C=C(COC)NSc1ccc(F)cc1F. The summed E-state index contributed by atoms with van der Waals surface area (Å²) in [4.78, 5) is 0.314. The van der Waals surface area contributed by atoms with Crippen LogP contribution >= 0.6 is 11.9 Å². The van der Waals surface area contributed by atoms with E-state index in [0.29, 0.717) is 17.2 Å². The highest BCUT2D eigenvalue weighted by atomic mass is 32.2. The lowest BCUT2D eigenvalue weighted by molar-refractivity contribution is 0.223. The third-order valence-electron chi connectivity index (χ3n) is 1.52. The van der Waals surface area contributed by atoms with Crippen molar-refractivity contribution < 1.29 is 13.5 Å². The van der Waals surface area contributed by atoms with Gasteiger partial charge in [-0.2, -0.15) is 0 Å². The van der Waals surface area contributed by atoms with Crippen LogP contribution in [0.2, 0.25) is 0 Å². The highest BCUT2D eigenvalue weighted by molar-refractivity contribution is 7.97. The summed E-state index contributed by atoms with van der Waals surface area (Å²) in [6, 6.07) is 3.40. The second kappa shape index (κ2) is 5.72. The molecule has 0 saturated carbocycles. The molecule has 0 saturated heterocycles. The molecule has 0 aromatic heterocycles. The zero-order valence-electron chi connectivity index (χ0n) is 8.22. The van der Waals surface area contributed by atoms with E-state index in [1.54, 1.807) is 0 Å². The van der Waals surface area contributed by atoms with Crippen molar-refractivity contribution in [3.05, 3.63) is 42.1 Å². The van der Waals surface area contributed by atoms with Crippen LogP contribution in [0.15, 0.2) is 35.4 Å². The molecule has 0 heterocycles. The highest BCUT2D eigenvalue weighted by Gasteiger charge is 2.04. The Hall–Kier alpha value is -1.07. The van der Waals surface area contributed by atoms with Crippen molar-refractivity contribution in [2.75, 3.05) is 13.7 Å². The number of ether oxygens (including phenoxy) is 1. The molecule has 0 spiro atoms. The number of rotatable bonds is 5. The molecule has 82 valence electrons. The molecule has 15 heavy (non-hydrogen) atoms. The molecule has 0 amide bonds. The number of hydrogen-bond donors (Lipinski definition) is 1. The van der Waals surface area contributed by atoms with Gasteiger partial charge >= 0.3 is 0 Å². The summed E-state index contributed by atoms with van der Waals surface area (Å²) in [6.07, 6.45) is 0. The predicted octanol–water partition coefficient (Wildman–Crippen LogP) is 2.72. The molecule has 0 aliphatic carbocycles. The lowest BCUT2D eigenvalue weighted by Gasteiger charge is -2.07. The molecule has 5 heteroatoms. The highest BCUT2D eigenvalue weighted by Crippen LogP contribution is 2.20. The van der Waals surface area contributed by atoms with Crippen LogP contribution < -0.4 is 4.72 Å². The van der Waals surface area contributed by atoms with E-state index in [1.165, 1.54) is 19.2 Å². The third-order valence-corrected chi connectivity index (χ3v) is 2.46. The molecule has 1 N–H and O–H groups in total. The van der Waals surface area contributed by atoms with Crippen molar-refractivity contribution in [1.82, 2.24) is 4.72 Å². The van der Waals surface area contributed by atoms with E-state index < -0.39 is 11.6 Å². The van der Waals surface area contributed by atoms with Crippen LogP contribution in [0.1, 0.15) is 0 Å². The summed E-state index contributed by atoms with van der Waals surface area (Å²) in [7, 11) is 1.54. The normalized spacial score (nSPS) is 10.1. The topological polar surface area (TPSA) is 21.3 Å². The van der Waals surface area contributed by atoms with Gasteiger partial charge in [0.25, 0.3) is 0 Å². The van der Waals surface area contributed by atoms with Gasteiger partial charge < -0.3 is 9.46 Å². The molecule has 1 aromatic carbocycles. The zero-order chi connectivity index (χ0) is 11.3. The third kappa shape index (κ3) is 3.89. The average Bonchev–Trinajstić information content (AvgIpc) is 2.17. The van der Waals surface area contributed by atoms with E-state index in [1.807, 2.05) is 0 Å². The lowest BCUT2D eigenvalue weighted by Crippen LogP contribution is -2.07. The summed E-state index contributed by atoms with van der Waals surface area (Å²) in [5.74, 6) is -1.19. The maximum atomic E-state index is 13.1. The summed E-state index contributed by atoms with van der Waals surface area (Å²) < 4.78 is 33.3. The van der Waals surface area contributed by atoms with Gasteiger partial charge in [0.2, 0.25) is 0 Å². The largest absolute Gasteiger partial charge is 0.378 e. The molecular formula is C10H11F2NOS. The molecule has 0 bridgehead atoms. The molecular weight excluding hydrogens is 220 g/mol. The first-order valence-electron chi connectivity index (χ1n) is 4.18. The van der Waals surface area contributed by atoms with E-state index >= 15 is 0 Å². The predicted molar refractivity (Wildman–Crippen MR) is 56.4 cm³/mol. The van der Waals surface area contributed by atoms with Gasteiger partial charge in [-0.3, -0.25) is 0 Å². The second-order valence-corrected chi connectivity index (χ2v) is 3.66. The Bertz CT molecular complexity index is 357. The Morgan fingerprint density at radius 1 is 1.53 bits per heavy atom. The number of nitrogens with one attached hydrogen (secondary N) is 1. The Morgan fingerprint density at radius 2 is 2.27 bits per heavy atom. The first kappa shape index (κ1) is 12.0. The van der Waals surface area contributed by atoms with Crippen LogP contribution in [0.25, 0.3) is 0 Å². The van der Waals surface area contributed by atoms with Gasteiger partial charge in [0, 0.05) is 18.9 Å². The van der Waals surface area contributed by atoms with Crippen molar-refractivity contribution in [1.29, 1.82) is 0 Å². The van der Waals surface area contributed by atoms with Crippen molar-refractivity contribution in [2.45, 2.75) is 4.90 Å². The van der Waals surface area contributed by atoms with Crippen molar-refractivity contribution in [2.24, 2.45) is 0 Å². The average molecular weight is 231 g/mol. The molecule has 1 aromatic rings. The van der Waals surface area contributed by atoms with Gasteiger partial charge in [0.05, 0.1) is 11.5 Å². The first-order chi connectivity index (χ1) is 7.13. The lowest BCUT2D eigenvalue weighted by atomic mass is 10.3. The van der Waals surface area contributed by atoms with Crippen LogP contribution in [0.4, 0.5) is 8.78 Å². The quantitative estimate of drug-likeness (QED) is 0.787. The molecule has 0 radical (unpaired) electrons. The molecule has 0 unspecified atom stereocenters. The van der Waals surface area contributed by atoms with Gasteiger partial charge in [0.15, 0.2) is 0 Å². The van der Waals surface area contributed by atoms with Gasteiger partial charge in [-0.1, -0.05) is 6.58 Å². The molecule has 0 fully saturated rings. The number of benzene rings is 1. The Kier molecular flexibility index (Phi) is 4.58. The Balaban J connectivity index is 2.54. The van der Waals surface area contributed by atoms with Crippen LogP contribution in [0.3, 0.4) is 0 Å². The second-order valence-electron chi connectivity index (χ2n) is 2.82. The first-order valence-corrected chi connectivity index (χ1v) is 4.99. The zero-order valence-corrected chi connectivity index (χ0v) is 9.04. The minimum Gasteiger partial charge on any atom is -0.378 e. The maximum absolute atomic E-state index is 13.1. The molecule has 2 nitrogen and oxygen atoms in total. The maximum Gasteiger partial charge on any atom is 0.141 e. The minimum absolute atomic E-state index is 0.314. The Morgan fingerprint density at radius 3 is 2.87 bits per heavy atom. The number of hydrogen-bond acceptors (Lipinski definition) is 3. The number of methoxy groups -OCH3 is 1. The van der Waals surface area contributed by atoms with Gasteiger partial charge in [0.1, 0.15) is 11.6 Å². The smallest absolute Gasteiger partial charge is 0.141 e. The Labute approximate surface area is 91.5 Å². The fraction of sp³-hybridized carbons (Fsp3) is 0.200. The summed E-state index contributed by atoms with van der Waals surface area (Å²) in [5, 5.41) is 0. The summed E-state index contributed by atoms with van der Waals surface area (Å²) in [5.41, 5.74) is 0.617. The fourth-order valence-corrected chi connectivity index (χ4v) is 1.49. The van der Waals surface area contributed by atoms with E-state index in [-0.39, 0.29) is 0 Å². The van der Waals surface area contributed by atoms with E-state index in [2.05, 4.69) is 11.3 Å². The van der Waals surface area contributed by atoms with E-state index in [4.69, 9.17) is 4.74 Å². The van der Waals surface area contributed by atoms with E-state index in [9.17, 15) is 8.78 Å². The van der Waals surface area contributed by atoms with Crippen LogP contribution in [-0.2, 0) is 4.74 Å². The molecule has 0 aliphatic rings.